The predicted molar refractivity (Wildman–Crippen MR) is 104 cm³/mol. The van der Waals surface area contributed by atoms with Gasteiger partial charge in [0.1, 0.15) is 5.76 Å². The van der Waals surface area contributed by atoms with Crippen molar-refractivity contribution in [3.63, 3.8) is 0 Å². The van der Waals surface area contributed by atoms with E-state index in [0.717, 1.165) is 6.07 Å². The Hall–Kier alpha value is -2.79. The molecule has 0 atom stereocenters. The highest BCUT2D eigenvalue weighted by atomic mass is 32.2. The molecule has 1 N–H and O–H groups in total. The number of carbonyl (C=O) groups excluding carboxylic acids is 2. The second kappa shape index (κ2) is 8.92. The maximum absolute atomic E-state index is 12.9. The number of anilines is 1. The molecule has 1 aliphatic rings. The molecule has 1 aliphatic heterocycles. The number of hydrogen-bond donors (Lipinski definition) is 1. The van der Waals surface area contributed by atoms with Crippen LogP contribution in [-0.4, -0.2) is 68.5 Å². The van der Waals surface area contributed by atoms with Gasteiger partial charge in [-0.25, -0.2) is 8.42 Å². The Labute approximate surface area is 172 Å². The molecule has 0 unspecified atom stereocenters. The maximum atomic E-state index is 12.9. The van der Waals surface area contributed by atoms with Gasteiger partial charge in [-0.1, -0.05) is 12.1 Å². The zero-order chi connectivity index (χ0) is 21.9. The van der Waals surface area contributed by atoms with Gasteiger partial charge < -0.3 is 14.6 Å². The molecular formula is C19H21F2N3O5S. The molecular weight excluding hydrogens is 420 g/mol. The molecule has 0 spiro atoms. The summed E-state index contributed by atoms with van der Waals surface area (Å²) < 4.78 is 54.6. The largest absolute Gasteiger partial charge is 0.456 e. The lowest BCUT2D eigenvalue weighted by Gasteiger charge is -2.33. The van der Waals surface area contributed by atoms with Crippen LogP contribution >= 0.6 is 0 Å². The summed E-state index contributed by atoms with van der Waals surface area (Å²) in [4.78, 5) is 27.5. The van der Waals surface area contributed by atoms with Gasteiger partial charge in [0.2, 0.25) is 15.7 Å². The highest BCUT2D eigenvalue weighted by Crippen LogP contribution is 2.26. The molecule has 2 aromatic rings. The summed E-state index contributed by atoms with van der Waals surface area (Å²) in [5, 5.41) is 2.39. The topological polar surface area (TPSA) is 99.9 Å². The Balaban J connectivity index is 1.57. The minimum atomic E-state index is -4.84. The summed E-state index contributed by atoms with van der Waals surface area (Å²) in [5.74, 6) is -3.44. The minimum Gasteiger partial charge on any atom is -0.456 e. The van der Waals surface area contributed by atoms with Crippen molar-refractivity contribution in [1.29, 1.82) is 0 Å². The van der Waals surface area contributed by atoms with E-state index >= 15 is 0 Å². The number of sulfone groups is 1. The summed E-state index contributed by atoms with van der Waals surface area (Å²) in [6.07, 6.45) is 0. The number of rotatable bonds is 6. The first-order chi connectivity index (χ1) is 14.2. The minimum absolute atomic E-state index is 0.0645. The van der Waals surface area contributed by atoms with Crippen molar-refractivity contribution in [2.75, 3.05) is 38.0 Å². The van der Waals surface area contributed by atoms with Crippen LogP contribution in [0.15, 0.2) is 45.7 Å². The van der Waals surface area contributed by atoms with Gasteiger partial charge in [-0.3, -0.25) is 14.5 Å². The molecule has 2 amide bonds. The Kier molecular flexibility index (Phi) is 6.52. The number of alkyl halides is 2. The first-order valence-corrected chi connectivity index (χ1v) is 10.7. The number of hydrogen-bond acceptors (Lipinski definition) is 6. The van der Waals surface area contributed by atoms with Crippen LogP contribution in [0, 0.1) is 6.92 Å². The van der Waals surface area contributed by atoms with Crippen LogP contribution in [0.3, 0.4) is 0 Å². The number of aryl methyl sites for hydroxylation is 1. The number of halogens is 2. The number of piperazine rings is 1. The molecule has 1 aromatic carbocycles. The van der Waals surface area contributed by atoms with Crippen LogP contribution in [0.25, 0.3) is 0 Å². The van der Waals surface area contributed by atoms with Gasteiger partial charge in [-0.05, 0) is 31.2 Å². The number of amides is 2. The smallest absolute Gasteiger partial charge is 0.341 e. The van der Waals surface area contributed by atoms with E-state index < -0.39 is 26.4 Å². The lowest BCUT2D eigenvalue weighted by atomic mass is 10.2. The molecule has 2 heterocycles. The van der Waals surface area contributed by atoms with Gasteiger partial charge in [-0.15, -0.1) is 0 Å². The highest BCUT2D eigenvalue weighted by Gasteiger charge is 2.30. The second-order valence-corrected chi connectivity index (χ2v) is 8.71. The molecule has 1 aromatic heterocycles. The Morgan fingerprint density at radius 3 is 2.37 bits per heavy atom. The summed E-state index contributed by atoms with van der Waals surface area (Å²) in [6.45, 7) is 3.32. The quantitative estimate of drug-likeness (QED) is 0.736. The molecule has 11 heteroatoms. The number of benzene rings is 1. The van der Waals surface area contributed by atoms with Gasteiger partial charge in [0.15, 0.2) is 5.76 Å². The van der Waals surface area contributed by atoms with Crippen molar-refractivity contribution in [3.05, 3.63) is 47.9 Å². The molecule has 8 nitrogen and oxygen atoms in total. The SMILES string of the molecule is Cc1ccc(C(=O)N2CCN(CC(=O)Nc3ccccc3S(=O)(=O)C(F)F)CC2)o1. The van der Waals surface area contributed by atoms with E-state index in [9.17, 15) is 26.8 Å². The van der Waals surface area contributed by atoms with Crippen LogP contribution in [0.4, 0.5) is 14.5 Å². The molecule has 1 saturated heterocycles. The summed E-state index contributed by atoms with van der Waals surface area (Å²) in [6, 6.07) is 8.36. The molecule has 0 saturated carbocycles. The maximum Gasteiger partial charge on any atom is 0.341 e. The Morgan fingerprint density at radius 2 is 1.77 bits per heavy atom. The van der Waals surface area contributed by atoms with Gasteiger partial charge in [-0.2, -0.15) is 8.78 Å². The van der Waals surface area contributed by atoms with Crippen molar-refractivity contribution in [2.24, 2.45) is 0 Å². The fraction of sp³-hybridized carbons (Fsp3) is 0.368. The molecule has 30 heavy (non-hydrogen) atoms. The number of carbonyl (C=O) groups is 2. The van der Waals surface area contributed by atoms with Crippen LogP contribution in [-0.2, 0) is 14.6 Å². The van der Waals surface area contributed by atoms with Gasteiger partial charge >= 0.3 is 5.76 Å². The van der Waals surface area contributed by atoms with Gasteiger partial charge in [0.25, 0.3) is 5.91 Å². The molecule has 0 radical (unpaired) electrons. The molecule has 0 bridgehead atoms. The van der Waals surface area contributed by atoms with E-state index in [0.29, 0.717) is 31.9 Å². The van der Waals surface area contributed by atoms with Crippen molar-refractivity contribution in [2.45, 2.75) is 17.6 Å². The van der Waals surface area contributed by atoms with E-state index in [1.807, 2.05) is 0 Å². The van der Waals surface area contributed by atoms with Crippen LogP contribution < -0.4 is 5.32 Å². The van der Waals surface area contributed by atoms with Gasteiger partial charge in [0, 0.05) is 26.2 Å². The number of furan rings is 1. The normalized spacial score (nSPS) is 15.4. The van der Waals surface area contributed by atoms with E-state index in [4.69, 9.17) is 4.42 Å². The molecule has 0 aliphatic carbocycles. The third kappa shape index (κ3) is 4.85. The number of nitrogens with one attached hydrogen (secondary N) is 1. The van der Waals surface area contributed by atoms with Crippen molar-refractivity contribution in [3.8, 4) is 0 Å². The monoisotopic (exact) mass is 441 g/mol. The van der Waals surface area contributed by atoms with E-state index in [-0.39, 0.29) is 23.9 Å². The van der Waals surface area contributed by atoms with E-state index in [1.165, 1.54) is 18.2 Å². The number of nitrogens with zero attached hydrogens (tertiary/aromatic N) is 2. The first kappa shape index (κ1) is 21.9. The van der Waals surface area contributed by atoms with Crippen LogP contribution in [0.2, 0.25) is 0 Å². The molecule has 1 fully saturated rings. The molecule has 162 valence electrons. The van der Waals surface area contributed by atoms with Crippen molar-refractivity contribution < 1.29 is 31.2 Å². The summed E-state index contributed by atoms with van der Waals surface area (Å²) >= 11 is 0. The van der Waals surface area contributed by atoms with Crippen molar-refractivity contribution in [1.82, 2.24) is 9.80 Å². The second-order valence-electron chi connectivity index (χ2n) is 6.83. The fourth-order valence-corrected chi connectivity index (χ4v) is 4.01. The summed E-state index contributed by atoms with van der Waals surface area (Å²) in [5.41, 5.74) is -0.190. The fourth-order valence-electron chi connectivity index (χ4n) is 3.12. The molecule has 3 rings (SSSR count). The van der Waals surface area contributed by atoms with Crippen LogP contribution in [0.5, 0.6) is 0 Å². The predicted octanol–water partition coefficient (Wildman–Crippen LogP) is 1.98. The first-order valence-electron chi connectivity index (χ1n) is 9.17. The zero-order valence-electron chi connectivity index (χ0n) is 16.2. The van der Waals surface area contributed by atoms with Gasteiger partial charge in [0.05, 0.1) is 17.1 Å². The average molecular weight is 441 g/mol. The Morgan fingerprint density at radius 1 is 1.10 bits per heavy atom. The lowest BCUT2D eigenvalue weighted by molar-refractivity contribution is -0.117. The van der Waals surface area contributed by atoms with E-state index in [1.54, 1.807) is 28.9 Å². The Bertz CT molecular complexity index is 1030. The number of para-hydroxylation sites is 1. The third-order valence-corrected chi connectivity index (χ3v) is 6.12. The summed E-state index contributed by atoms with van der Waals surface area (Å²) in [7, 11) is -4.84. The third-order valence-electron chi connectivity index (χ3n) is 4.68. The van der Waals surface area contributed by atoms with Crippen LogP contribution in [0.1, 0.15) is 16.3 Å². The standard InChI is InChI=1S/C19H21F2N3O5S/c1-13-6-7-15(29-13)18(26)24-10-8-23(9-11-24)12-17(25)22-14-4-2-3-5-16(14)30(27,28)19(20)21/h2-7,19H,8-12H2,1H3,(H,22,25). The highest BCUT2D eigenvalue weighted by molar-refractivity contribution is 7.91. The van der Waals surface area contributed by atoms with Crippen molar-refractivity contribution >= 4 is 27.3 Å². The lowest BCUT2D eigenvalue weighted by Crippen LogP contribution is -2.50. The average Bonchev–Trinajstić information content (AvgIpc) is 3.14. The zero-order valence-corrected chi connectivity index (χ0v) is 17.0. The van der Waals surface area contributed by atoms with E-state index in [2.05, 4.69) is 5.32 Å².